The van der Waals surface area contributed by atoms with E-state index in [9.17, 15) is 14.4 Å². The first-order valence-corrected chi connectivity index (χ1v) is 10.7. The van der Waals surface area contributed by atoms with Gasteiger partial charge in [0.15, 0.2) is 0 Å². The molecule has 0 aliphatic carbocycles. The highest BCUT2D eigenvalue weighted by molar-refractivity contribution is 6.05. The predicted octanol–water partition coefficient (Wildman–Crippen LogP) is 0.553. The van der Waals surface area contributed by atoms with E-state index in [0.717, 1.165) is 50.2 Å². The molecular formula is C22H30N4O4. The fourth-order valence-corrected chi connectivity index (χ4v) is 4.82. The summed E-state index contributed by atoms with van der Waals surface area (Å²) in [4.78, 5) is 38.1. The summed E-state index contributed by atoms with van der Waals surface area (Å²) in [7, 11) is 1.75. The fourth-order valence-electron chi connectivity index (χ4n) is 4.82. The monoisotopic (exact) mass is 414 g/mol. The minimum atomic E-state index is -0.571. The number of benzene rings is 1. The maximum absolute atomic E-state index is 12.9. The SMILES string of the molecule is COCC1(CNCc2ccc3c(c2)C(=O)N(C2CCC(=O)NC2=O)C3)CCNCC1. The zero-order valence-electron chi connectivity index (χ0n) is 17.5. The van der Waals surface area contributed by atoms with Gasteiger partial charge in [-0.3, -0.25) is 19.7 Å². The zero-order valence-corrected chi connectivity index (χ0v) is 17.5. The van der Waals surface area contributed by atoms with E-state index in [1.807, 2.05) is 18.2 Å². The van der Waals surface area contributed by atoms with Crippen molar-refractivity contribution in [2.24, 2.45) is 5.41 Å². The van der Waals surface area contributed by atoms with Crippen LogP contribution in [0.15, 0.2) is 18.2 Å². The number of piperidine rings is 2. The third-order valence-corrected chi connectivity index (χ3v) is 6.54. The minimum Gasteiger partial charge on any atom is -0.384 e. The standard InChI is InChI=1S/C22H30N4O4/c1-30-14-22(6-8-23-9-7-22)13-24-11-15-2-3-16-12-26(21(29)17(16)10-15)18-4-5-19(27)25-20(18)28/h2-3,10,18,23-24H,4-9,11-14H2,1H3,(H,25,27,28). The van der Waals surface area contributed by atoms with Gasteiger partial charge in [0.1, 0.15) is 6.04 Å². The summed E-state index contributed by atoms with van der Waals surface area (Å²) in [5.74, 6) is -0.774. The van der Waals surface area contributed by atoms with Crippen molar-refractivity contribution >= 4 is 17.7 Å². The van der Waals surface area contributed by atoms with E-state index in [2.05, 4.69) is 16.0 Å². The summed E-state index contributed by atoms with van der Waals surface area (Å²) in [5, 5.41) is 9.30. The number of hydrogen-bond donors (Lipinski definition) is 3. The van der Waals surface area contributed by atoms with Gasteiger partial charge in [-0.2, -0.15) is 0 Å². The van der Waals surface area contributed by atoms with Crippen LogP contribution >= 0.6 is 0 Å². The van der Waals surface area contributed by atoms with Gasteiger partial charge in [-0.25, -0.2) is 0 Å². The molecule has 3 amide bonds. The lowest BCUT2D eigenvalue weighted by atomic mass is 9.79. The van der Waals surface area contributed by atoms with Gasteiger partial charge < -0.3 is 20.3 Å². The molecule has 8 nitrogen and oxygen atoms in total. The molecular weight excluding hydrogens is 384 g/mol. The summed E-state index contributed by atoms with van der Waals surface area (Å²) in [6.45, 7) is 4.72. The first kappa shape index (κ1) is 21.0. The van der Waals surface area contributed by atoms with Gasteiger partial charge in [0, 0.05) is 44.1 Å². The Morgan fingerprint density at radius 2 is 2.03 bits per heavy atom. The lowest BCUT2D eigenvalue weighted by Crippen LogP contribution is -2.52. The Hall–Kier alpha value is -2.29. The molecule has 1 unspecified atom stereocenters. The Morgan fingerprint density at radius 1 is 1.23 bits per heavy atom. The minimum absolute atomic E-state index is 0.129. The van der Waals surface area contributed by atoms with Crippen LogP contribution in [0.5, 0.6) is 0 Å². The second-order valence-corrected chi connectivity index (χ2v) is 8.68. The van der Waals surface area contributed by atoms with E-state index in [1.165, 1.54) is 0 Å². The van der Waals surface area contributed by atoms with Crippen LogP contribution < -0.4 is 16.0 Å². The Balaban J connectivity index is 1.38. The van der Waals surface area contributed by atoms with Crippen molar-refractivity contribution in [3.05, 3.63) is 34.9 Å². The molecule has 0 radical (unpaired) electrons. The molecule has 3 N–H and O–H groups in total. The number of amides is 3. The van der Waals surface area contributed by atoms with Crippen molar-refractivity contribution in [3.8, 4) is 0 Å². The first-order valence-electron chi connectivity index (χ1n) is 10.7. The van der Waals surface area contributed by atoms with E-state index >= 15 is 0 Å². The van der Waals surface area contributed by atoms with Crippen LogP contribution in [-0.4, -0.2) is 62.0 Å². The zero-order chi connectivity index (χ0) is 21.1. The molecule has 1 aromatic rings. The number of ether oxygens (including phenoxy) is 1. The summed E-state index contributed by atoms with van der Waals surface area (Å²) < 4.78 is 5.48. The molecule has 0 bridgehead atoms. The molecule has 1 aromatic carbocycles. The summed E-state index contributed by atoms with van der Waals surface area (Å²) in [6, 6.07) is 5.38. The largest absolute Gasteiger partial charge is 0.384 e. The molecule has 30 heavy (non-hydrogen) atoms. The smallest absolute Gasteiger partial charge is 0.255 e. The predicted molar refractivity (Wildman–Crippen MR) is 111 cm³/mol. The molecule has 3 aliphatic rings. The first-order chi connectivity index (χ1) is 14.5. The Morgan fingerprint density at radius 3 is 2.77 bits per heavy atom. The number of carbonyl (C=O) groups is 3. The molecule has 1 atom stereocenters. The van der Waals surface area contributed by atoms with Crippen LogP contribution in [0.2, 0.25) is 0 Å². The highest BCUT2D eigenvalue weighted by Gasteiger charge is 2.39. The highest BCUT2D eigenvalue weighted by atomic mass is 16.5. The number of hydrogen-bond acceptors (Lipinski definition) is 6. The van der Waals surface area contributed by atoms with Gasteiger partial charge in [0.05, 0.1) is 6.61 Å². The van der Waals surface area contributed by atoms with Crippen LogP contribution in [-0.2, 0) is 27.4 Å². The van der Waals surface area contributed by atoms with Gasteiger partial charge in [-0.15, -0.1) is 0 Å². The van der Waals surface area contributed by atoms with Gasteiger partial charge in [0.2, 0.25) is 11.8 Å². The normalized spacial score (nSPS) is 23.4. The van der Waals surface area contributed by atoms with Crippen molar-refractivity contribution in [1.29, 1.82) is 0 Å². The van der Waals surface area contributed by atoms with Crippen molar-refractivity contribution in [1.82, 2.24) is 20.9 Å². The number of methoxy groups -OCH3 is 1. The molecule has 0 aromatic heterocycles. The quantitative estimate of drug-likeness (QED) is 0.564. The highest BCUT2D eigenvalue weighted by Crippen LogP contribution is 2.30. The second kappa shape index (κ2) is 8.83. The van der Waals surface area contributed by atoms with E-state index in [0.29, 0.717) is 25.1 Å². The van der Waals surface area contributed by atoms with Crippen LogP contribution in [0, 0.1) is 5.41 Å². The van der Waals surface area contributed by atoms with Crippen molar-refractivity contribution in [2.45, 2.75) is 44.8 Å². The number of nitrogens with one attached hydrogen (secondary N) is 3. The lowest BCUT2D eigenvalue weighted by Gasteiger charge is -2.37. The number of fused-ring (bicyclic) bond motifs is 1. The Bertz CT molecular complexity index is 829. The molecule has 162 valence electrons. The Labute approximate surface area is 176 Å². The topological polar surface area (TPSA) is 99.8 Å². The van der Waals surface area contributed by atoms with E-state index in [-0.39, 0.29) is 29.6 Å². The third kappa shape index (κ3) is 4.26. The van der Waals surface area contributed by atoms with Gasteiger partial charge >= 0.3 is 0 Å². The van der Waals surface area contributed by atoms with Gasteiger partial charge in [-0.05, 0) is 49.5 Å². The molecule has 3 heterocycles. The number of nitrogens with zero attached hydrogens (tertiary/aromatic N) is 1. The lowest BCUT2D eigenvalue weighted by molar-refractivity contribution is -0.136. The summed E-state index contributed by atoms with van der Waals surface area (Å²) in [5.41, 5.74) is 2.79. The second-order valence-electron chi connectivity index (χ2n) is 8.68. The molecule has 0 spiro atoms. The molecule has 0 saturated carbocycles. The van der Waals surface area contributed by atoms with Crippen molar-refractivity contribution < 1.29 is 19.1 Å². The molecule has 3 aliphatic heterocycles. The Kier molecular flexibility index (Phi) is 6.17. The number of rotatable bonds is 7. The summed E-state index contributed by atoms with van der Waals surface area (Å²) in [6.07, 6.45) is 2.81. The molecule has 2 fully saturated rings. The summed E-state index contributed by atoms with van der Waals surface area (Å²) >= 11 is 0. The number of imide groups is 1. The maximum Gasteiger partial charge on any atom is 0.255 e. The molecule has 4 rings (SSSR count). The van der Waals surface area contributed by atoms with E-state index < -0.39 is 6.04 Å². The van der Waals surface area contributed by atoms with Gasteiger partial charge in [-0.1, -0.05) is 12.1 Å². The van der Waals surface area contributed by atoms with Crippen LogP contribution in [0.4, 0.5) is 0 Å². The third-order valence-electron chi connectivity index (χ3n) is 6.54. The van der Waals surface area contributed by atoms with Crippen LogP contribution in [0.3, 0.4) is 0 Å². The van der Waals surface area contributed by atoms with Crippen LogP contribution in [0.1, 0.15) is 47.2 Å². The van der Waals surface area contributed by atoms with Gasteiger partial charge in [0.25, 0.3) is 5.91 Å². The van der Waals surface area contributed by atoms with Crippen molar-refractivity contribution in [2.75, 3.05) is 33.4 Å². The molecule has 8 heteroatoms. The van der Waals surface area contributed by atoms with Crippen LogP contribution in [0.25, 0.3) is 0 Å². The maximum atomic E-state index is 12.9. The van der Waals surface area contributed by atoms with Crippen molar-refractivity contribution in [3.63, 3.8) is 0 Å². The van der Waals surface area contributed by atoms with E-state index in [4.69, 9.17) is 4.74 Å². The number of carbonyl (C=O) groups excluding carboxylic acids is 3. The fraction of sp³-hybridized carbons (Fsp3) is 0.591. The average molecular weight is 415 g/mol. The molecule has 2 saturated heterocycles. The average Bonchev–Trinajstić information content (AvgIpc) is 3.05. The van der Waals surface area contributed by atoms with E-state index in [1.54, 1.807) is 12.0 Å².